The number of hydrogen-bond donors (Lipinski definition) is 1. The molecule has 21 heavy (non-hydrogen) atoms. The van der Waals surface area contributed by atoms with E-state index in [2.05, 4.69) is 32.2 Å². The zero-order valence-electron chi connectivity index (χ0n) is 13.6. The average molecular weight is 330 g/mol. The highest BCUT2D eigenvalue weighted by atomic mass is 35.5. The molecule has 120 valence electrons. The van der Waals surface area contributed by atoms with E-state index in [1.54, 1.807) is 0 Å². The molecule has 0 saturated carbocycles. The van der Waals surface area contributed by atoms with Crippen LogP contribution in [0.5, 0.6) is 0 Å². The molecule has 1 unspecified atom stereocenters. The Hall–Kier alpha value is -0.240. The van der Waals surface area contributed by atoms with Gasteiger partial charge in [-0.05, 0) is 49.3 Å². The number of unbranched alkanes of at least 4 members (excludes halogenated alkanes) is 1. The Kier molecular flexibility index (Phi) is 8.70. The van der Waals surface area contributed by atoms with Crippen molar-refractivity contribution in [3.63, 3.8) is 0 Å². The summed E-state index contributed by atoms with van der Waals surface area (Å²) < 4.78 is 0. The number of rotatable bonds is 10. The Labute approximate surface area is 140 Å². The lowest BCUT2D eigenvalue weighted by Crippen LogP contribution is -2.36. The molecule has 0 heterocycles. The van der Waals surface area contributed by atoms with Crippen LogP contribution < -0.4 is 5.32 Å². The van der Waals surface area contributed by atoms with Gasteiger partial charge in [-0.15, -0.1) is 0 Å². The van der Waals surface area contributed by atoms with Crippen molar-refractivity contribution in [2.45, 2.75) is 59.3 Å². The van der Waals surface area contributed by atoms with E-state index >= 15 is 0 Å². The highest BCUT2D eigenvalue weighted by Crippen LogP contribution is 2.36. The Bertz CT molecular complexity index is 420. The van der Waals surface area contributed by atoms with Gasteiger partial charge in [0, 0.05) is 6.54 Å². The molecule has 0 fully saturated rings. The summed E-state index contributed by atoms with van der Waals surface area (Å²) in [6.45, 7) is 8.89. The van der Waals surface area contributed by atoms with Gasteiger partial charge >= 0.3 is 0 Å². The molecule has 0 amide bonds. The monoisotopic (exact) mass is 329 g/mol. The van der Waals surface area contributed by atoms with Gasteiger partial charge in [0.15, 0.2) is 0 Å². The maximum absolute atomic E-state index is 6.40. The Balaban J connectivity index is 2.90. The quantitative estimate of drug-likeness (QED) is 0.509. The fourth-order valence-electron chi connectivity index (χ4n) is 2.84. The first-order valence-electron chi connectivity index (χ1n) is 8.22. The minimum atomic E-state index is 0.277. The van der Waals surface area contributed by atoms with Crippen molar-refractivity contribution < 1.29 is 0 Å². The van der Waals surface area contributed by atoms with Crippen LogP contribution in [0.4, 0.5) is 0 Å². The zero-order valence-corrected chi connectivity index (χ0v) is 15.2. The van der Waals surface area contributed by atoms with Crippen LogP contribution in [-0.4, -0.2) is 13.1 Å². The molecule has 0 aliphatic heterocycles. The Morgan fingerprint density at radius 1 is 1.10 bits per heavy atom. The van der Waals surface area contributed by atoms with E-state index in [1.807, 2.05) is 12.1 Å². The first-order valence-corrected chi connectivity index (χ1v) is 8.97. The second kappa shape index (κ2) is 9.71. The molecule has 0 radical (unpaired) electrons. The normalized spacial score (nSPS) is 14.1. The summed E-state index contributed by atoms with van der Waals surface area (Å²) in [5.74, 6) is 0. The topological polar surface area (TPSA) is 12.0 Å². The van der Waals surface area contributed by atoms with E-state index in [0.29, 0.717) is 5.02 Å². The third-order valence-electron chi connectivity index (χ3n) is 4.33. The lowest BCUT2D eigenvalue weighted by atomic mass is 9.75. The van der Waals surface area contributed by atoms with Crippen molar-refractivity contribution in [1.82, 2.24) is 5.32 Å². The maximum Gasteiger partial charge on any atom is 0.0624 e. The fraction of sp³-hybridized carbons (Fsp3) is 0.667. The lowest BCUT2D eigenvalue weighted by Gasteiger charge is -2.34. The number of hydrogen-bond acceptors (Lipinski definition) is 1. The molecule has 0 saturated heterocycles. The van der Waals surface area contributed by atoms with Gasteiger partial charge in [-0.2, -0.15) is 0 Å². The third-order valence-corrected chi connectivity index (χ3v) is 5.19. The summed E-state index contributed by atoms with van der Waals surface area (Å²) in [5.41, 5.74) is 1.46. The van der Waals surface area contributed by atoms with Gasteiger partial charge in [-0.1, -0.05) is 68.9 Å². The first-order chi connectivity index (χ1) is 10.1. The van der Waals surface area contributed by atoms with Crippen LogP contribution in [0, 0.1) is 5.41 Å². The minimum Gasteiger partial charge on any atom is -0.316 e. The highest BCUT2D eigenvalue weighted by Gasteiger charge is 2.28. The van der Waals surface area contributed by atoms with Crippen LogP contribution in [0.1, 0.15) is 58.4 Å². The first kappa shape index (κ1) is 18.8. The van der Waals surface area contributed by atoms with E-state index in [1.165, 1.54) is 31.2 Å². The molecular weight excluding hydrogens is 301 g/mol. The van der Waals surface area contributed by atoms with Crippen LogP contribution in [0.15, 0.2) is 18.2 Å². The molecule has 1 aromatic carbocycles. The smallest absolute Gasteiger partial charge is 0.0624 e. The summed E-state index contributed by atoms with van der Waals surface area (Å²) >= 11 is 12.6. The predicted octanol–water partition coefficient (Wildman–Crippen LogP) is 6.12. The van der Waals surface area contributed by atoms with Crippen LogP contribution in [0.2, 0.25) is 10.0 Å². The van der Waals surface area contributed by atoms with Crippen molar-refractivity contribution in [3.8, 4) is 0 Å². The molecular formula is C18H29Cl2N. The predicted molar refractivity (Wildman–Crippen MR) is 95.6 cm³/mol. The van der Waals surface area contributed by atoms with Crippen molar-refractivity contribution in [1.29, 1.82) is 0 Å². The summed E-state index contributed by atoms with van der Waals surface area (Å²) in [6, 6.07) is 5.98. The molecule has 0 aliphatic rings. The minimum absolute atomic E-state index is 0.277. The second-order valence-electron chi connectivity index (χ2n) is 6.02. The van der Waals surface area contributed by atoms with E-state index in [0.717, 1.165) is 31.0 Å². The SMILES string of the molecule is CCCCC(CC)(CNCCC)Cc1cccc(Cl)c1Cl. The molecule has 1 nitrogen and oxygen atoms in total. The third kappa shape index (κ3) is 5.81. The zero-order chi connectivity index (χ0) is 15.7. The summed E-state index contributed by atoms with van der Waals surface area (Å²) in [7, 11) is 0. The van der Waals surface area contributed by atoms with Crippen LogP contribution >= 0.6 is 23.2 Å². The van der Waals surface area contributed by atoms with E-state index in [4.69, 9.17) is 23.2 Å². The number of nitrogens with one attached hydrogen (secondary N) is 1. The Morgan fingerprint density at radius 2 is 1.86 bits per heavy atom. The molecule has 3 heteroatoms. The van der Waals surface area contributed by atoms with E-state index in [9.17, 15) is 0 Å². The standard InChI is InChI=1S/C18H29Cl2N/c1-4-7-11-18(6-3,14-21-12-5-2)13-15-9-8-10-16(19)17(15)20/h8-10,21H,4-7,11-14H2,1-3H3. The van der Waals surface area contributed by atoms with Crippen molar-refractivity contribution >= 4 is 23.2 Å². The Morgan fingerprint density at radius 3 is 2.48 bits per heavy atom. The van der Waals surface area contributed by atoms with Gasteiger partial charge in [0.25, 0.3) is 0 Å². The van der Waals surface area contributed by atoms with Gasteiger partial charge in [-0.25, -0.2) is 0 Å². The molecule has 0 aromatic heterocycles. The summed E-state index contributed by atoms with van der Waals surface area (Å²) in [5, 5.41) is 5.00. The van der Waals surface area contributed by atoms with Crippen molar-refractivity contribution in [3.05, 3.63) is 33.8 Å². The van der Waals surface area contributed by atoms with Gasteiger partial charge in [0.1, 0.15) is 0 Å². The maximum atomic E-state index is 6.40. The van der Waals surface area contributed by atoms with Crippen molar-refractivity contribution in [2.75, 3.05) is 13.1 Å². The molecule has 0 aliphatic carbocycles. The molecule has 0 bridgehead atoms. The number of halogens is 2. The van der Waals surface area contributed by atoms with E-state index < -0.39 is 0 Å². The largest absolute Gasteiger partial charge is 0.316 e. The van der Waals surface area contributed by atoms with E-state index in [-0.39, 0.29) is 5.41 Å². The lowest BCUT2D eigenvalue weighted by molar-refractivity contribution is 0.229. The average Bonchev–Trinajstić information content (AvgIpc) is 2.49. The van der Waals surface area contributed by atoms with Gasteiger partial charge in [0.05, 0.1) is 10.0 Å². The second-order valence-corrected chi connectivity index (χ2v) is 6.81. The molecule has 0 spiro atoms. The molecule has 1 N–H and O–H groups in total. The van der Waals surface area contributed by atoms with Crippen molar-refractivity contribution in [2.24, 2.45) is 5.41 Å². The van der Waals surface area contributed by atoms with Gasteiger partial charge in [0.2, 0.25) is 0 Å². The fourth-order valence-corrected chi connectivity index (χ4v) is 3.22. The van der Waals surface area contributed by atoms with Crippen LogP contribution in [0.3, 0.4) is 0 Å². The van der Waals surface area contributed by atoms with Crippen LogP contribution in [-0.2, 0) is 6.42 Å². The van der Waals surface area contributed by atoms with Crippen LogP contribution in [0.25, 0.3) is 0 Å². The summed E-state index contributed by atoms with van der Waals surface area (Å²) in [4.78, 5) is 0. The van der Waals surface area contributed by atoms with Gasteiger partial charge < -0.3 is 5.32 Å². The molecule has 1 atom stereocenters. The summed E-state index contributed by atoms with van der Waals surface area (Å²) in [6.07, 6.45) is 7.07. The number of benzene rings is 1. The van der Waals surface area contributed by atoms with Gasteiger partial charge in [-0.3, -0.25) is 0 Å². The molecule has 1 rings (SSSR count). The highest BCUT2D eigenvalue weighted by molar-refractivity contribution is 6.42. The molecule has 1 aromatic rings.